The van der Waals surface area contributed by atoms with Gasteiger partial charge in [-0.15, -0.1) is 0 Å². The molecule has 3 rings (SSSR count). The van der Waals surface area contributed by atoms with Crippen molar-refractivity contribution < 1.29 is 14.3 Å². The van der Waals surface area contributed by atoms with E-state index in [-0.39, 0.29) is 24.2 Å². The Balaban J connectivity index is 1.68. The number of amides is 1. The first-order valence-electron chi connectivity index (χ1n) is 8.30. The van der Waals surface area contributed by atoms with Gasteiger partial charge in [0.25, 0.3) is 5.91 Å². The van der Waals surface area contributed by atoms with Gasteiger partial charge in [0.1, 0.15) is 17.1 Å². The Hall–Kier alpha value is -2.20. The summed E-state index contributed by atoms with van der Waals surface area (Å²) in [6, 6.07) is 13.0. The van der Waals surface area contributed by atoms with E-state index in [1.54, 1.807) is 24.3 Å². The molecule has 0 saturated heterocycles. The molecule has 1 aliphatic heterocycles. The number of nitrogens with one attached hydrogen (secondary N) is 1. The summed E-state index contributed by atoms with van der Waals surface area (Å²) in [5.74, 6) is 1.23. The van der Waals surface area contributed by atoms with E-state index in [0.717, 1.165) is 16.9 Å². The number of hydrogen-bond donors (Lipinski definition) is 1. The van der Waals surface area contributed by atoms with Gasteiger partial charge in [-0.3, -0.25) is 4.79 Å². The van der Waals surface area contributed by atoms with Crippen molar-refractivity contribution in [1.29, 1.82) is 0 Å². The maximum Gasteiger partial charge on any atom is 0.258 e. The van der Waals surface area contributed by atoms with Gasteiger partial charge in [0.05, 0.1) is 6.04 Å². The molecule has 25 heavy (non-hydrogen) atoms. The maximum atomic E-state index is 12.3. The normalized spacial score (nSPS) is 18.0. The summed E-state index contributed by atoms with van der Waals surface area (Å²) in [4.78, 5) is 12.3. The van der Waals surface area contributed by atoms with Gasteiger partial charge in [-0.25, -0.2) is 0 Å². The molecule has 2 aromatic rings. The summed E-state index contributed by atoms with van der Waals surface area (Å²) in [6.45, 7) is 6.02. The average Bonchev–Trinajstić information content (AvgIpc) is 2.51. The lowest BCUT2D eigenvalue weighted by molar-refractivity contribution is -0.124. The molecule has 2 aromatic carbocycles. The molecule has 1 amide bonds. The Morgan fingerprint density at radius 2 is 2.12 bits per heavy atom. The second-order valence-electron chi connectivity index (χ2n) is 6.97. The number of carbonyl (C=O) groups excluding carboxylic acids is 1. The first-order valence-corrected chi connectivity index (χ1v) is 8.67. The largest absolute Gasteiger partial charge is 0.487 e. The molecule has 1 aliphatic rings. The average molecular weight is 360 g/mol. The van der Waals surface area contributed by atoms with E-state index in [0.29, 0.717) is 17.2 Å². The molecule has 0 aliphatic carbocycles. The second kappa shape index (κ2) is 6.96. The van der Waals surface area contributed by atoms with Crippen LogP contribution in [0.25, 0.3) is 0 Å². The van der Waals surface area contributed by atoms with Gasteiger partial charge in [0.2, 0.25) is 0 Å². The number of fused-ring (bicyclic) bond motifs is 1. The molecule has 0 saturated carbocycles. The van der Waals surface area contributed by atoms with Crippen LogP contribution in [0.2, 0.25) is 5.02 Å². The number of benzene rings is 2. The van der Waals surface area contributed by atoms with E-state index in [4.69, 9.17) is 21.1 Å². The molecule has 0 spiro atoms. The molecule has 0 unspecified atom stereocenters. The third-order valence-corrected chi connectivity index (χ3v) is 4.36. The maximum absolute atomic E-state index is 12.3. The Bertz CT molecular complexity index is 788. The Morgan fingerprint density at radius 3 is 2.88 bits per heavy atom. The van der Waals surface area contributed by atoms with Crippen LogP contribution in [0.5, 0.6) is 11.5 Å². The van der Waals surface area contributed by atoms with E-state index in [1.165, 1.54) is 0 Å². The van der Waals surface area contributed by atoms with Crippen LogP contribution < -0.4 is 14.8 Å². The van der Waals surface area contributed by atoms with Gasteiger partial charge in [-0.2, -0.15) is 0 Å². The number of ether oxygens (including phenoxy) is 2. The van der Waals surface area contributed by atoms with Gasteiger partial charge in [-0.05, 0) is 50.6 Å². The summed E-state index contributed by atoms with van der Waals surface area (Å²) in [6.07, 6.45) is 0.700. The van der Waals surface area contributed by atoms with E-state index in [9.17, 15) is 4.79 Å². The predicted octanol–water partition coefficient (Wildman–Crippen LogP) is 4.45. The quantitative estimate of drug-likeness (QED) is 0.877. The van der Waals surface area contributed by atoms with E-state index >= 15 is 0 Å². The third-order valence-electron chi connectivity index (χ3n) is 4.13. The minimum Gasteiger partial charge on any atom is -0.487 e. The zero-order valence-electron chi connectivity index (χ0n) is 14.6. The monoisotopic (exact) mass is 359 g/mol. The Morgan fingerprint density at radius 1 is 1.32 bits per heavy atom. The molecule has 1 atom stereocenters. The van der Waals surface area contributed by atoms with Crippen molar-refractivity contribution in [2.24, 2.45) is 0 Å². The van der Waals surface area contributed by atoms with Gasteiger partial charge in [0, 0.05) is 17.0 Å². The van der Waals surface area contributed by atoms with Crippen molar-refractivity contribution in [2.75, 3.05) is 6.61 Å². The highest BCUT2D eigenvalue weighted by atomic mass is 35.5. The van der Waals surface area contributed by atoms with Crippen LogP contribution in [0.15, 0.2) is 42.5 Å². The molecule has 1 heterocycles. The summed E-state index contributed by atoms with van der Waals surface area (Å²) in [5, 5.41) is 3.64. The van der Waals surface area contributed by atoms with Crippen LogP contribution in [-0.4, -0.2) is 18.1 Å². The molecule has 4 nitrogen and oxygen atoms in total. The first-order chi connectivity index (χ1) is 11.8. The van der Waals surface area contributed by atoms with Crippen LogP contribution in [0, 0.1) is 6.92 Å². The minimum atomic E-state index is -0.341. The zero-order chi connectivity index (χ0) is 18.0. The van der Waals surface area contributed by atoms with Gasteiger partial charge < -0.3 is 14.8 Å². The topological polar surface area (TPSA) is 47.6 Å². The van der Waals surface area contributed by atoms with E-state index < -0.39 is 0 Å². The number of carbonyl (C=O) groups is 1. The molecule has 0 bridgehead atoms. The molecular formula is C20H22ClNO3. The Labute approximate surface area is 153 Å². The third kappa shape index (κ3) is 4.45. The number of hydrogen-bond acceptors (Lipinski definition) is 3. The van der Waals surface area contributed by atoms with Crippen LogP contribution in [0.4, 0.5) is 0 Å². The highest BCUT2D eigenvalue weighted by Gasteiger charge is 2.34. The second-order valence-corrected chi connectivity index (χ2v) is 7.41. The van der Waals surface area contributed by atoms with Gasteiger partial charge in [0.15, 0.2) is 6.61 Å². The minimum absolute atomic E-state index is 0.0562. The standard InChI is InChI=1S/C20H22ClNO3/c1-13-7-8-16-17(11-20(2,3)25-18(16)9-13)22-19(23)12-24-15-6-4-5-14(21)10-15/h4-10,17H,11-12H2,1-3H3,(H,22,23)/t17-/m1/s1. The smallest absolute Gasteiger partial charge is 0.258 e. The van der Waals surface area contributed by atoms with Crippen molar-refractivity contribution in [3.63, 3.8) is 0 Å². The Kier molecular flexibility index (Phi) is 4.91. The van der Waals surface area contributed by atoms with Crippen molar-refractivity contribution in [3.8, 4) is 11.5 Å². The van der Waals surface area contributed by atoms with Crippen molar-refractivity contribution >= 4 is 17.5 Å². The first kappa shape index (κ1) is 17.6. The van der Waals surface area contributed by atoms with Crippen LogP contribution in [0.1, 0.15) is 37.4 Å². The molecule has 1 N–H and O–H groups in total. The van der Waals surface area contributed by atoms with E-state index in [2.05, 4.69) is 5.32 Å². The molecule has 0 radical (unpaired) electrons. The van der Waals surface area contributed by atoms with Crippen LogP contribution in [0.3, 0.4) is 0 Å². The fourth-order valence-electron chi connectivity index (χ4n) is 3.03. The summed E-state index contributed by atoms with van der Waals surface area (Å²) in [7, 11) is 0. The summed E-state index contributed by atoms with van der Waals surface area (Å²) in [5.41, 5.74) is 1.79. The zero-order valence-corrected chi connectivity index (χ0v) is 15.4. The number of aryl methyl sites for hydroxylation is 1. The predicted molar refractivity (Wildman–Crippen MR) is 98.3 cm³/mol. The molecule has 0 aromatic heterocycles. The molecule has 0 fully saturated rings. The number of rotatable bonds is 4. The molecule has 5 heteroatoms. The highest BCUT2D eigenvalue weighted by Crippen LogP contribution is 2.39. The highest BCUT2D eigenvalue weighted by molar-refractivity contribution is 6.30. The van der Waals surface area contributed by atoms with Gasteiger partial charge >= 0.3 is 0 Å². The van der Waals surface area contributed by atoms with Crippen molar-refractivity contribution in [3.05, 3.63) is 58.6 Å². The van der Waals surface area contributed by atoms with Crippen LogP contribution >= 0.6 is 11.6 Å². The summed E-state index contributed by atoms with van der Waals surface area (Å²) >= 11 is 5.92. The number of halogens is 1. The lowest BCUT2D eigenvalue weighted by Gasteiger charge is -2.38. The van der Waals surface area contributed by atoms with Crippen molar-refractivity contribution in [1.82, 2.24) is 5.32 Å². The van der Waals surface area contributed by atoms with Crippen LogP contribution in [-0.2, 0) is 4.79 Å². The molecule has 132 valence electrons. The molecular weight excluding hydrogens is 338 g/mol. The fraction of sp³-hybridized carbons (Fsp3) is 0.350. The lowest BCUT2D eigenvalue weighted by atomic mass is 9.89. The lowest BCUT2D eigenvalue weighted by Crippen LogP contribution is -2.42. The van der Waals surface area contributed by atoms with E-state index in [1.807, 2.05) is 39.0 Å². The van der Waals surface area contributed by atoms with Gasteiger partial charge in [-0.1, -0.05) is 29.8 Å². The van der Waals surface area contributed by atoms with Crippen molar-refractivity contribution in [2.45, 2.75) is 38.8 Å². The summed E-state index contributed by atoms with van der Waals surface area (Å²) < 4.78 is 11.6. The fourth-order valence-corrected chi connectivity index (χ4v) is 3.21. The SMILES string of the molecule is Cc1ccc2c(c1)OC(C)(C)C[C@H]2NC(=O)COc1cccc(Cl)c1.